The minimum absolute atomic E-state index is 0.318. The molecule has 3 aromatic rings. The zero-order valence-electron chi connectivity index (χ0n) is 14.1. The average Bonchev–Trinajstić information content (AvgIpc) is 2.63. The van der Waals surface area contributed by atoms with Gasteiger partial charge in [0, 0.05) is 11.6 Å². The van der Waals surface area contributed by atoms with Crippen LogP contribution in [0.1, 0.15) is 19.8 Å². The molecule has 0 unspecified atom stereocenters. The largest absolute Gasteiger partial charge is 0.494 e. The number of benzene rings is 3. The Morgan fingerprint density at radius 3 is 2.24 bits per heavy atom. The molecule has 25 heavy (non-hydrogen) atoms. The topological polar surface area (TPSA) is 9.23 Å². The highest BCUT2D eigenvalue weighted by Gasteiger charge is 2.13. The molecular weight excluding hydrogens is 318 g/mol. The molecule has 0 amide bonds. The Bertz CT molecular complexity index is 824. The van der Waals surface area contributed by atoms with E-state index < -0.39 is 5.82 Å². The van der Waals surface area contributed by atoms with Gasteiger partial charge in [-0.2, -0.15) is 0 Å². The lowest BCUT2D eigenvalue weighted by Gasteiger charge is -2.12. The van der Waals surface area contributed by atoms with Gasteiger partial charge < -0.3 is 4.74 Å². The molecule has 0 saturated heterocycles. The number of halogens is 2. The Kier molecular flexibility index (Phi) is 5.44. The molecule has 0 aliphatic rings. The highest BCUT2D eigenvalue weighted by atomic mass is 19.1. The fourth-order valence-corrected chi connectivity index (χ4v) is 2.68. The molecule has 3 heteroatoms. The van der Waals surface area contributed by atoms with Gasteiger partial charge in [-0.3, -0.25) is 0 Å². The molecule has 0 aliphatic carbocycles. The van der Waals surface area contributed by atoms with Gasteiger partial charge >= 0.3 is 0 Å². The minimum Gasteiger partial charge on any atom is -0.494 e. The molecule has 0 fully saturated rings. The fourth-order valence-electron chi connectivity index (χ4n) is 2.68. The summed E-state index contributed by atoms with van der Waals surface area (Å²) in [6.45, 7) is 2.78. The SMILES string of the molecule is CCCCOc1ccc(-c2c(F)[c]ccc2-c2ccc(F)cc2)cc1. The van der Waals surface area contributed by atoms with Gasteiger partial charge in [-0.05, 0) is 47.4 Å². The molecule has 0 spiro atoms. The van der Waals surface area contributed by atoms with Gasteiger partial charge in [0.15, 0.2) is 0 Å². The Morgan fingerprint density at radius 1 is 0.880 bits per heavy atom. The summed E-state index contributed by atoms with van der Waals surface area (Å²) >= 11 is 0. The normalized spacial score (nSPS) is 10.7. The zero-order valence-corrected chi connectivity index (χ0v) is 14.1. The maximum Gasteiger partial charge on any atom is 0.139 e. The summed E-state index contributed by atoms with van der Waals surface area (Å²) in [6, 6.07) is 19.3. The molecule has 0 atom stereocenters. The molecule has 1 radical (unpaired) electrons. The number of ether oxygens (including phenoxy) is 1. The molecule has 0 aliphatic heterocycles. The van der Waals surface area contributed by atoms with E-state index in [4.69, 9.17) is 4.74 Å². The van der Waals surface area contributed by atoms with E-state index in [1.165, 1.54) is 12.1 Å². The van der Waals surface area contributed by atoms with Crippen molar-refractivity contribution >= 4 is 0 Å². The van der Waals surface area contributed by atoms with Gasteiger partial charge in [-0.25, -0.2) is 8.78 Å². The highest BCUT2D eigenvalue weighted by Crippen LogP contribution is 2.34. The first kappa shape index (κ1) is 17.2. The second-order valence-electron chi connectivity index (χ2n) is 5.81. The lowest BCUT2D eigenvalue weighted by atomic mass is 9.94. The van der Waals surface area contributed by atoms with E-state index in [9.17, 15) is 8.78 Å². The van der Waals surface area contributed by atoms with Crippen LogP contribution in [0.5, 0.6) is 5.75 Å². The first-order valence-electron chi connectivity index (χ1n) is 8.38. The third kappa shape index (κ3) is 4.05. The summed E-state index contributed by atoms with van der Waals surface area (Å²) in [5.74, 6) is 0.0178. The van der Waals surface area contributed by atoms with Gasteiger partial charge in [-0.1, -0.05) is 49.7 Å². The molecule has 0 heterocycles. The van der Waals surface area contributed by atoms with Gasteiger partial charge in [0.05, 0.1) is 6.61 Å². The van der Waals surface area contributed by atoms with Crippen LogP contribution in [0.15, 0.2) is 60.7 Å². The van der Waals surface area contributed by atoms with Crippen molar-refractivity contribution in [1.29, 1.82) is 0 Å². The smallest absolute Gasteiger partial charge is 0.139 e. The van der Waals surface area contributed by atoms with E-state index in [0.29, 0.717) is 17.7 Å². The summed E-state index contributed by atoms with van der Waals surface area (Å²) in [5, 5.41) is 0. The van der Waals surface area contributed by atoms with E-state index in [-0.39, 0.29) is 5.82 Å². The second kappa shape index (κ2) is 7.93. The van der Waals surface area contributed by atoms with Crippen LogP contribution >= 0.6 is 0 Å². The van der Waals surface area contributed by atoms with Crippen molar-refractivity contribution in [3.8, 4) is 28.0 Å². The summed E-state index contributed by atoms with van der Waals surface area (Å²) < 4.78 is 33.3. The maximum absolute atomic E-state index is 14.5. The highest BCUT2D eigenvalue weighted by molar-refractivity contribution is 5.83. The molecule has 3 rings (SSSR count). The van der Waals surface area contributed by atoms with Gasteiger partial charge in [0.2, 0.25) is 0 Å². The van der Waals surface area contributed by atoms with Crippen molar-refractivity contribution in [3.63, 3.8) is 0 Å². The zero-order chi connectivity index (χ0) is 17.6. The number of hydrogen-bond acceptors (Lipinski definition) is 1. The van der Waals surface area contributed by atoms with E-state index in [1.54, 1.807) is 24.3 Å². The quantitative estimate of drug-likeness (QED) is 0.481. The van der Waals surface area contributed by atoms with Crippen LogP contribution in [0, 0.1) is 17.7 Å². The van der Waals surface area contributed by atoms with E-state index in [1.807, 2.05) is 24.3 Å². The summed E-state index contributed by atoms with van der Waals surface area (Å²) in [6.07, 6.45) is 2.07. The van der Waals surface area contributed by atoms with Crippen molar-refractivity contribution in [2.45, 2.75) is 19.8 Å². The summed E-state index contributed by atoms with van der Waals surface area (Å²) in [4.78, 5) is 0. The lowest BCUT2D eigenvalue weighted by molar-refractivity contribution is 0.309. The summed E-state index contributed by atoms with van der Waals surface area (Å²) in [7, 11) is 0. The summed E-state index contributed by atoms with van der Waals surface area (Å²) in [5.41, 5.74) is 2.65. The molecule has 0 N–H and O–H groups in total. The van der Waals surface area contributed by atoms with Crippen LogP contribution < -0.4 is 4.74 Å². The van der Waals surface area contributed by atoms with E-state index in [2.05, 4.69) is 13.0 Å². The van der Waals surface area contributed by atoms with Crippen molar-refractivity contribution in [1.82, 2.24) is 0 Å². The second-order valence-corrected chi connectivity index (χ2v) is 5.81. The molecule has 0 saturated carbocycles. The number of unbranched alkanes of at least 4 members (excludes halogenated alkanes) is 1. The number of rotatable bonds is 6. The van der Waals surface area contributed by atoms with Crippen molar-refractivity contribution < 1.29 is 13.5 Å². The number of hydrogen-bond donors (Lipinski definition) is 0. The van der Waals surface area contributed by atoms with Crippen LogP contribution in [0.4, 0.5) is 8.78 Å². The lowest BCUT2D eigenvalue weighted by Crippen LogP contribution is -1.96. The van der Waals surface area contributed by atoms with Crippen molar-refractivity contribution in [3.05, 3.63) is 78.4 Å². The molecule has 0 aromatic heterocycles. The molecule has 1 nitrogen and oxygen atoms in total. The Balaban J connectivity index is 1.95. The van der Waals surface area contributed by atoms with E-state index >= 15 is 0 Å². The Morgan fingerprint density at radius 2 is 1.56 bits per heavy atom. The van der Waals surface area contributed by atoms with E-state index in [0.717, 1.165) is 29.7 Å². The third-order valence-corrected chi connectivity index (χ3v) is 4.01. The maximum atomic E-state index is 14.5. The molecular formula is C22H19F2O. The first-order chi connectivity index (χ1) is 12.2. The monoisotopic (exact) mass is 337 g/mol. The first-order valence-corrected chi connectivity index (χ1v) is 8.38. The van der Waals surface area contributed by atoms with Crippen LogP contribution in [-0.2, 0) is 0 Å². The molecule has 0 bridgehead atoms. The third-order valence-electron chi connectivity index (χ3n) is 4.01. The molecule has 127 valence electrons. The standard InChI is InChI=1S/C22H19F2O/c1-2-3-15-25-19-13-9-17(10-14-19)22-20(5-4-6-21(22)24)16-7-11-18(23)12-8-16/h4-5,7-14H,2-3,15H2,1H3. The Labute approximate surface area is 146 Å². The van der Waals surface area contributed by atoms with Crippen molar-refractivity contribution in [2.24, 2.45) is 0 Å². The fraction of sp³-hybridized carbons (Fsp3) is 0.182. The Hall–Kier alpha value is -2.68. The van der Waals surface area contributed by atoms with Crippen LogP contribution in [0.3, 0.4) is 0 Å². The van der Waals surface area contributed by atoms with Gasteiger partial charge in [-0.15, -0.1) is 0 Å². The van der Waals surface area contributed by atoms with Crippen LogP contribution in [-0.4, -0.2) is 6.61 Å². The predicted octanol–water partition coefficient (Wildman–Crippen LogP) is 6.28. The average molecular weight is 337 g/mol. The van der Waals surface area contributed by atoms with Gasteiger partial charge in [0.1, 0.15) is 17.4 Å². The predicted molar refractivity (Wildman–Crippen MR) is 96.5 cm³/mol. The van der Waals surface area contributed by atoms with Crippen molar-refractivity contribution in [2.75, 3.05) is 6.61 Å². The van der Waals surface area contributed by atoms with Crippen LogP contribution in [0.2, 0.25) is 0 Å². The molecule has 3 aromatic carbocycles. The van der Waals surface area contributed by atoms with Crippen LogP contribution in [0.25, 0.3) is 22.3 Å². The minimum atomic E-state index is -0.429. The van der Waals surface area contributed by atoms with Gasteiger partial charge in [0.25, 0.3) is 0 Å².